The zero-order valence-corrected chi connectivity index (χ0v) is 14.1. The summed E-state index contributed by atoms with van der Waals surface area (Å²) >= 11 is 0. The van der Waals surface area contributed by atoms with Crippen LogP contribution in [0.4, 0.5) is 0 Å². The molecule has 0 aliphatic heterocycles. The topological polar surface area (TPSA) is 95.9 Å². The molecule has 0 aromatic rings. The summed E-state index contributed by atoms with van der Waals surface area (Å²) in [6, 6.07) is 0. The molecule has 0 fully saturated rings. The second-order valence-electron chi connectivity index (χ2n) is 4.04. The van der Waals surface area contributed by atoms with Gasteiger partial charge in [-0.1, -0.05) is 0 Å². The Kier molecular flexibility index (Phi) is 13.6. The van der Waals surface area contributed by atoms with Crippen LogP contribution in [0.5, 0.6) is 0 Å². The quantitative estimate of drug-likeness (QED) is 0.264. The van der Waals surface area contributed by atoms with E-state index in [0.717, 1.165) is 0 Å². The van der Waals surface area contributed by atoms with Gasteiger partial charge in [-0.15, -0.1) is 0 Å². The molecule has 18 heavy (non-hydrogen) atoms. The van der Waals surface area contributed by atoms with E-state index in [2.05, 4.69) is 0 Å². The molecule has 2 atom stereocenters. The zero-order valence-electron chi connectivity index (χ0n) is 11.3. The van der Waals surface area contributed by atoms with Crippen LogP contribution >= 0.6 is 0 Å². The molecule has 0 bridgehead atoms. The van der Waals surface area contributed by atoms with Crippen LogP contribution in [-0.4, -0.2) is 55.9 Å². The number of hydrogen-bond donors (Lipinski definition) is 1. The number of aliphatic hydroxyl groups excluding tert-OH is 1. The molecular weight excluding hydrogens is 271 g/mol. The molecular formula is C10H21NaO6S. The molecule has 0 amide bonds. The molecule has 0 heterocycles. The van der Waals surface area contributed by atoms with Gasteiger partial charge in [-0.2, -0.15) is 0 Å². The van der Waals surface area contributed by atoms with Crippen LogP contribution in [0.15, 0.2) is 0 Å². The molecule has 0 aliphatic carbocycles. The van der Waals surface area contributed by atoms with Crippen molar-refractivity contribution in [3.8, 4) is 0 Å². The van der Waals surface area contributed by atoms with E-state index in [1.54, 1.807) is 6.92 Å². The summed E-state index contributed by atoms with van der Waals surface area (Å²) in [6.45, 7) is 4.50. The number of unbranched alkanes of at least 4 members (excludes halogenated alkanes) is 1. The van der Waals surface area contributed by atoms with E-state index in [1.165, 1.54) is 0 Å². The van der Waals surface area contributed by atoms with E-state index in [0.29, 0.717) is 26.1 Å². The monoisotopic (exact) mass is 292 g/mol. The molecule has 8 heteroatoms. The van der Waals surface area contributed by atoms with Gasteiger partial charge in [0.2, 0.25) is 0 Å². The summed E-state index contributed by atoms with van der Waals surface area (Å²) in [7, 11) is -4.11. The average molecular weight is 292 g/mol. The molecule has 0 saturated carbocycles. The van der Waals surface area contributed by atoms with Crippen molar-refractivity contribution in [2.24, 2.45) is 0 Å². The van der Waals surface area contributed by atoms with Gasteiger partial charge < -0.3 is 19.1 Å². The molecule has 6 nitrogen and oxygen atoms in total. The molecule has 0 aliphatic rings. The Morgan fingerprint density at radius 2 is 1.83 bits per heavy atom. The van der Waals surface area contributed by atoms with E-state index < -0.39 is 16.2 Å². The van der Waals surface area contributed by atoms with Crippen LogP contribution in [-0.2, 0) is 19.6 Å². The minimum atomic E-state index is -4.11. The van der Waals surface area contributed by atoms with Gasteiger partial charge in [-0.25, -0.2) is 8.42 Å². The first-order chi connectivity index (χ1) is 7.81. The van der Waals surface area contributed by atoms with Crippen molar-refractivity contribution in [1.82, 2.24) is 0 Å². The third kappa shape index (κ3) is 16.8. The molecule has 2 unspecified atom stereocenters. The Morgan fingerprint density at radius 3 is 2.33 bits per heavy atom. The van der Waals surface area contributed by atoms with E-state index in [-0.39, 0.29) is 48.0 Å². The predicted molar refractivity (Wildman–Crippen MR) is 61.7 cm³/mol. The summed E-state index contributed by atoms with van der Waals surface area (Å²) in [5, 5.41) is 8.94. The van der Waals surface area contributed by atoms with Gasteiger partial charge in [0.25, 0.3) is 0 Å². The van der Waals surface area contributed by atoms with Crippen molar-refractivity contribution in [3.05, 3.63) is 0 Å². The Balaban J connectivity index is 0. The largest absolute Gasteiger partial charge is 1.00 e. The Bertz CT molecular complexity index is 280. The van der Waals surface area contributed by atoms with E-state index in [1.807, 2.05) is 6.92 Å². The third-order valence-corrected chi connectivity index (χ3v) is 2.69. The predicted octanol–water partition coefficient (Wildman–Crippen LogP) is -2.88. The third-order valence-electron chi connectivity index (χ3n) is 1.90. The first-order valence-electron chi connectivity index (χ1n) is 5.62. The second kappa shape index (κ2) is 11.6. The van der Waals surface area contributed by atoms with Gasteiger partial charge in [0.05, 0.1) is 35.5 Å². The summed E-state index contributed by atoms with van der Waals surface area (Å²) in [6.07, 6.45) is 0.233. The maximum absolute atomic E-state index is 10.3. The van der Waals surface area contributed by atoms with Crippen molar-refractivity contribution in [3.63, 3.8) is 0 Å². The molecule has 0 rings (SSSR count). The van der Waals surface area contributed by atoms with E-state index in [4.69, 9.17) is 14.6 Å². The number of ether oxygens (including phenoxy) is 2. The summed E-state index contributed by atoms with van der Waals surface area (Å²) in [5.74, 6) is -0.344. The Labute approximate surface area is 131 Å². The van der Waals surface area contributed by atoms with Gasteiger partial charge in [0.15, 0.2) is 0 Å². The van der Waals surface area contributed by atoms with E-state index >= 15 is 0 Å². The van der Waals surface area contributed by atoms with Crippen LogP contribution in [0, 0.1) is 0 Å². The smallest absolute Gasteiger partial charge is 0.748 e. The zero-order chi connectivity index (χ0) is 13.3. The van der Waals surface area contributed by atoms with Crippen molar-refractivity contribution < 1.29 is 57.1 Å². The molecule has 0 spiro atoms. The SMILES string of the molecule is CC(O)COCC(C)OCCCCS(=O)(=O)[O-].[Na+]. The fraction of sp³-hybridized carbons (Fsp3) is 1.00. The van der Waals surface area contributed by atoms with Crippen molar-refractivity contribution in [1.29, 1.82) is 0 Å². The maximum Gasteiger partial charge on any atom is 1.00 e. The Morgan fingerprint density at radius 1 is 1.22 bits per heavy atom. The molecule has 104 valence electrons. The molecule has 1 N–H and O–H groups in total. The molecule has 0 aromatic heterocycles. The van der Waals surface area contributed by atoms with Crippen LogP contribution in [0.3, 0.4) is 0 Å². The van der Waals surface area contributed by atoms with Gasteiger partial charge in [-0.3, -0.25) is 0 Å². The number of aliphatic hydroxyl groups is 1. The standard InChI is InChI=1S/C10H22O6S.Na/c1-9(11)7-15-8-10(2)16-5-3-4-6-17(12,13)14;/h9-11H,3-8H2,1-2H3,(H,12,13,14);/q;+1/p-1. The van der Waals surface area contributed by atoms with Crippen LogP contribution in [0.25, 0.3) is 0 Å². The van der Waals surface area contributed by atoms with Gasteiger partial charge in [0.1, 0.15) is 0 Å². The Hall–Kier alpha value is 0.790. The summed E-state index contributed by atoms with van der Waals surface area (Å²) in [5.41, 5.74) is 0. The van der Waals surface area contributed by atoms with Crippen LogP contribution < -0.4 is 29.6 Å². The number of hydrogen-bond acceptors (Lipinski definition) is 6. The first kappa shape index (κ1) is 21.1. The van der Waals surface area contributed by atoms with Gasteiger partial charge in [-0.05, 0) is 26.7 Å². The van der Waals surface area contributed by atoms with Crippen LogP contribution in [0.2, 0.25) is 0 Å². The maximum atomic E-state index is 10.3. The van der Waals surface area contributed by atoms with Crippen molar-refractivity contribution in [2.75, 3.05) is 25.6 Å². The molecule has 0 saturated heterocycles. The van der Waals surface area contributed by atoms with Gasteiger partial charge in [0, 0.05) is 12.4 Å². The minimum absolute atomic E-state index is 0. The van der Waals surface area contributed by atoms with E-state index in [9.17, 15) is 13.0 Å². The molecule has 0 radical (unpaired) electrons. The fourth-order valence-electron chi connectivity index (χ4n) is 1.12. The first-order valence-corrected chi connectivity index (χ1v) is 7.20. The van der Waals surface area contributed by atoms with Gasteiger partial charge >= 0.3 is 29.6 Å². The normalized spacial score (nSPS) is 14.9. The summed E-state index contributed by atoms with van der Waals surface area (Å²) < 4.78 is 41.4. The number of rotatable bonds is 10. The fourth-order valence-corrected chi connectivity index (χ4v) is 1.68. The van der Waals surface area contributed by atoms with Crippen molar-refractivity contribution in [2.45, 2.75) is 38.9 Å². The van der Waals surface area contributed by atoms with Crippen molar-refractivity contribution >= 4 is 10.1 Å². The summed E-state index contributed by atoms with van der Waals surface area (Å²) in [4.78, 5) is 0. The molecule has 0 aromatic carbocycles. The average Bonchev–Trinajstić information content (AvgIpc) is 2.14. The second-order valence-corrected chi connectivity index (χ2v) is 5.56. The van der Waals surface area contributed by atoms with Crippen LogP contribution in [0.1, 0.15) is 26.7 Å². The minimum Gasteiger partial charge on any atom is -0.748 e.